The van der Waals surface area contributed by atoms with Crippen LogP contribution in [0.4, 0.5) is 13.2 Å². The van der Waals surface area contributed by atoms with Crippen LogP contribution in [0.5, 0.6) is 0 Å². The van der Waals surface area contributed by atoms with Gasteiger partial charge in [-0.15, -0.1) is 0 Å². The maximum absolute atomic E-state index is 12.5. The van der Waals surface area contributed by atoms with Crippen molar-refractivity contribution < 1.29 is 13.2 Å². The second-order valence-electron chi connectivity index (χ2n) is 4.36. The maximum Gasteiger partial charge on any atom is 0.394 e. The monoisotopic (exact) mass is 182 g/mol. The second-order valence-corrected chi connectivity index (χ2v) is 4.36. The molecule has 0 N–H and O–H groups in total. The number of halogens is 3. The molecule has 0 radical (unpaired) electrons. The normalized spacial score (nSPS) is 15.0. The molecule has 0 saturated carbocycles. The van der Waals surface area contributed by atoms with Crippen molar-refractivity contribution in [3.8, 4) is 0 Å². The third-order valence-electron chi connectivity index (χ3n) is 3.28. The Morgan fingerprint density at radius 2 is 1.25 bits per heavy atom. The standard InChI is InChI=1S/C9H17F3/c1-6-7(2,3)8(4,5)9(10,11)12/h6H2,1-5H3. The highest BCUT2D eigenvalue weighted by atomic mass is 19.4. The zero-order chi connectivity index (χ0) is 10.2. The van der Waals surface area contributed by atoms with Gasteiger partial charge in [-0.2, -0.15) is 13.2 Å². The zero-order valence-electron chi connectivity index (χ0n) is 8.34. The van der Waals surface area contributed by atoms with Crippen molar-refractivity contribution >= 4 is 0 Å². The van der Waals surface area contributed by atoms with Gasteiger partial charge in [-0.05, 0) is 5.41 Å². The summed E-state index contributed by atoms with van der Waals surface area (Å²) in [6.45, 7) is 7.61. The van der Waals surface area contributed by atoms with E-state index >= 15 is 0 Å². The van der Waals surface area contributed by atoms with Gasteiger partial charge < -0.3 is 0 Å². The van der Waals surface area contributed by atoms with E-state index in [4.69, 9.17) is 0 Å². The van der Waals surface area contributed by atoms with E-state index in [1.807, 2.05) is 0 Å². The molecule has 0 bridgehead atoms. The van der Waals surface area contributed by atoms with Crippen LogP contribution < -0.4 is 0 Å². The number of alkyl halides is 3. The molecule has 0 amide bonds. The summed E-state index contributed by atoms with van der Waals surface area (Å²) in [5.74, 6) is 0. The Labute approximate surface area is 72.2 Å². The Hall–Kier alpha value is -0.210. The predicted molar refractivity (Wildman–Crippen MR) is 43.9 cm³/mol. The minimum Gasteiger partial charge on any atom is -0.171 e. The first-order chi connectivity index (χ1) is 5.06. The molecule has 0 aliphatic heterocycles. The Kier molecular flexibility index (Phi) is 2.88. The van der Waals surface area contributed by atoms with E-state index in [-0.39, 0.29) is 0 Å². The molecule has 0 aromatic heterocycles. The van der Waals surface area contributed by atoms with Gasteiger partial charge in [-0.25, -0.2) is 0 Å². The Balaban J connectivity index is 4.85. The summed E-state index contributed by atoms with van der Waals surface area (Å²) in [5, 5.41) is 0. The first-order valence-corrected chi connectivity index (χ1v) is 4.13. The topological polar surface area (TPSA) is 0 Å². The van der Waals surface area contributed by atoms with Crippen LogP contribution in [0.2, 0.25) is 0 Å². The predicted octanol–water partition coefficient (Wildman–Crippen LogP) is 4.01. The summed E-state index contributed by atoms with van der Waals surface area (Å²) >= 11 is 0. The lowest BCUT2D eigenvalue weighted by Gasteiger charge is -2.42. The van der Waals surface area contributed by atoms with E-state index < -0.39 is 17.0 Å². The lowest BCUT2D eigenvalue weighted by Crippen LogP contribution is -2.44. The van der Waals surface area contributed by atoms with Gasteiger partial charge in [0.05, 0.1) is 5.41 Å². The molecule has 74 valence electrons. The van der Waals surface area contributed by atoms with E-state index in [1.165, 1.54) is 13.8 Å². The Bertz CT molecular complexity index is 154. The summed E-state index contributed by atoms with van der Waals surface area (Å²) in [7, 11) is 0. The summed E-state index contributed by atoms with van der Waals surface area (Å²) in [5.41, 5.74) is -2.32. The van der Waals surface area contributed by atoms with Gasteiger partial charge in [0.25, 0.3) is 0 Å². The van der Waals surface area contributed by atoms with Crippen molar-refractivity contribution in [1.82, 2.24) is 0 Å². The maximum atomic E-state index is 12.5. The molecule has 0 saturated heterocycles. The van der Waals surface area contributed by atoms with Gasteiger partial charge in [0.2, 0.25) is 0 Å². The van der Waals surface area contributed by atoms with E-state index in [2.05, 4.69) is 0 Å². The fraction of sp³-hybridized carbons (Fsp3) is 1.00. The molecule has 0 spiro atoms. The van der Waals surface area contributed by atoms with Crippen molar-refractivity contribution in [1.29, 1.82) is 0 Å². The lowest BCUT2D eigenvalue weighted by molar-refractivity contribution is -0.247. The quantitative estimate of drug-likeness (QED) is 0.605. The molecule has 0 aliphatic carbocycles. The fourth-order valence-corrected chi connectivity index (χ4v) is 0.826. The molecular weight excluding hydrogens is 165 g/mol. The van der Waals surface area contributed by atoms with Crippen molar-refractivity contribution in [2.75, 3.05) is 0 Å². The Morgan fingerprint density at radius 1 is 0.917 bits per heavy atom. The van der Waals surface area contributed by atoms with Gasteiger partial charge in [-0.1, -0.05) is 41.0 Å². The van der Waals surface area contributed by atoms with Crippen LogP contribution in [0.3, 0.4) is 0 Å². The average molecular weight is 182 g/mol. The highest BCUT2D eigenvalue weighted by Gasteiger charge is 2.55. The van der Waals surface area contributed by atoms with Crippen molar-refractivity contribution in [2.45, 2.75) is 47.2 Å². The molecule has 0 aromatic carbocycles. The molecule has 3 heteroatoms. The third-order valence-corrected chi connectivity index (χ3v) is 3.28. The summed E-state index contributed by atoms with van der Waals surface area (Å²) < 4.78 is 37.5. The fourth-order valence-electron chi connectivity index (χ4n) is 0.826. The van der Waals surface area contributed by atoms with E-state index in [0.29, 0.717) is 6.42 Å². The van der Waals surface area contributed by atoms with E-state index in [9.17, 15) is 13.2 Å². The summed E-state index contributed by atoms with van der Waals surface area (Å²) in [6.07, 6.45) is -3.59. The highest BCUT2D eigenvalue weighted by Crippen LogP contribution is 2.51. The highest BCUT2D eigenvalue weighted by molar-refractivity contribution is 4.90. The first-order valence-electron chi connectivity index (χ1n) is 4.13. The SMILES string of the molecule is CCC(C)(C)C(C)(C)C(F)(F)F. The molecule has 0 heterocycles. The van der Waals surface area contributed by atoms with Gasteiger partial charge in [0.1, 0.15) is 0 Å². The van der Waals surface area contributed by atoms with Crippen LogP contribution in [0, 0.1) is 10.8 Å². The number of rotatable bonds is 2. The van der Waals surface area contributed by atoms with E-state index in [0.717, 1.165) is 0 Å². The average Bonchev–Trinajstić information content (AvgIpc) is 1.85. The number of hydrogen-bond acceptors (Lipinski definition) is 0. The minimum atomic E-state index is -4.12. The molecule has 0 rings (SSSR count). The summed E-state index contributed by atoms with van der Waals surface area (Å²) in [4.78, 5) is 0. The van der Waals surface area contributed by atoms with Crippen molar-refractivity contribution in [2.24, 2.45) is 10.8 Å². The molecule has 0 nitrogen and oxygen atoms in total. The molecule has 0 aliphatic rings. The molecular formula is C9H17F3. The molecule has 0 aromatic rings. The molecule has 0 fully saturated rings. The van der Waals surface area contributed by atoms with Gasteiger partial charge in [0.15, 0.2) is 0 Å². The van der Waals surface area contributed by atoms with Crippen LogP contribution in [0.1, 0.15) is 41.0 Å². The third kappa shape index (κ3) is 1.75. The van der Waals surface area contributed by atoms with Crippen LogP contribution in [0.25, 0.3) is 0 Å². The van der Waals surface area contributed by atoms with Gasteiger partial charge in [-0.3, -0.25) is 0 Å². The first kappa shape index (κ1) is 11.8. The van der Waals surface area contributed by atoms with Crippen LogP contribution in [0.15, 0.2) is 0 Å². The van der Waals surface area contributed by atoms with Crippen molar-refractivity contribution in [3.05, 3.63) is 0 Å². The molecule has 0 atom stereocenters. The molecule has 0 unspecified atom stereocenters. The van der Waals surface area contributed by atoms with Gasteiger partial charge >= 0.3 is 6.18 Å². The number of hydrogen-bond donors (Lipinski definition) is 0. The molecule has 12 heavy (non-hydrogen) atoms. The Morgan fingerprint density at radius 3 is 1.33 bits per heavy atom. The van der Waals surface area contributed by atoms with Gasteiger partial charge in [0, 0.05) is 0 Å². The van der Waals surface area contributed by atoms with E-state index in [1.54, 1.807) is 20.8 Å². The van der Waals surface area contributed by atoms with Crippen LogP contribution in [-0.4, -0.2) is 6.18 Å². The van der Waals surface area contributed by atoms with Crippen molar-refractivity contribution in [3.63, 3.8) is 0 Å². The van der Waals surface area contributed by atoms with Crippen LogP contribution in [-0.2, 0) is 0 Å². The zero-order valence-corrected chi connectivity index (χ0v) is 8.34. The minimum absolute atomic E-state index is 0.527. The smallest absolute Gasteiger partial charge is 0.171 e. The lowest BCUT2D eigenvalue weighted by atomic mass is 9.66. The largest absolute Gasteiger partial charge is 0.394 e. The second kappa shape index (κ2) is 2.93. The summed E-state index contributed by atoms with van der Waals surface area (Å²) in [6, 6.07) is 0. The van der Waals surface area contributed by atoms with Crippen LogP contribution >= 0.6 is 0 Å².